The number of hydrogen-bond acceptors (Lipinski definition) is 3. The minimum atomic E-state index is 0.847. The lowest BCUT2D eigenvalue weighted by Crippen LogP contribution is -2.44. The van der Waals surface area contributed by atoms with Gasteiger partial charge in [-0.3, -0.25) is 9.89 Å². The number of nitrogens with zero attached hydrogens (tertiary/aromatic N) is 2. The van der Waals surface area contributed by atoms with Crippen molar-refractivity contribution in [2.75, 3.05) is 52.5 Å². The summed E-state index contributed by atoms with van der Waals surface area (Å²) in [5.74, 6) is 1.82. The summed E-state index contributed by atoms with van der Waals surface area (Å²) in [6, 6.07) is 0. The molecule has 2 aliphatic rings. The molecule has 0 atom stereocenters. The van der Waals surface area contributed by atoms with Crippen LogP contribution in [0, 0.1) is 5.92 Å². The zero-order valence-electron chi connectivity index (χ0n) is 11.5. The highest BCUT2D eigenvalue weighted by molar-refractivity contribution is 5.79. The van der Waals surface area contributed by atoms with Crippen LogP contribution in [0.4, 0.5) is 0 Å². The number of nitrogens with one attached hydrogen (secondary N) is 2. The first-order chi connectivity index (χ1) is 8.88. The van der Waals surface area contributed by atoms with E-state index in [2.05, 4.69) is 27.4 Å². The molecule has 0 aromatic rings. The van der Waals surface area contributed by atoms with Crippen molar-refractivity contribution < 1.29 is 4.74 Å². The van der Waals surface area contributed by atoms with E-state index in [9.17, 15) is 0 Å². The summed E-state index contributed by atoms with van der Waals surface area (Å²) in [5.41, 5.74) is 0. The predicted molar refractivity (Wildman–Crippen MR) is 74.0 cm³/mol. The number of rotatable bonds is 6. The Bertz CT molecular complexity index is 260. The van der Waals surface area contributed by atoms with Gasteiger partial charge in [-0.1, -0.05) is 0 Å². The molecule has 1 aliphatic carbocycles. The Labute approximate surface area is 110 Å². The maximum atomic E-state index is 5.34. The Hall–Kier alpha value is -0.810. The molecule has 0 radical (unpaired) electrons. The summed E-state index contributed by atoms with van der Waals surface area (Å²) < 4.78 is 5.34. The first-order valence-electron chi connectivity index (χ1n) is 7.20. The number of guanidine groups is 1. The van der Waals surface area contributed by atoms with Crippen molar-refractivity contribution in [3.8, 4) is 0 Å². The van der Waals surface area contributed by atoms with E-state index in [0.717, 1.165) is 64.4 Å². The third kappa shape index (κ3) is 5.23. The first kappa shape index (κ1) is 13.6. The lowest BCUT2D eigenvalue weighted by atomic mass is 10.4. The van der Waals surface area contributed by atoms with Crippen LogP contribution in [-0.4, -0.2) is 63.3 Å². The average Bonchev–Trinajstić information content (AvgIpc) is 3.21. The SMILES string of the molecule is CCNC(=NCC1CC1)NCCN1CCOCC1. The van der Waals surface area contributed by atoms with Gasteiger partial charge in [0.2, 0.25) is 0 Å². The number of ether oxygens (including phenoxy) is 1. The van der Waals surface area contributed by atoms with Crippen LogP contribution in [-0.2, 0) is 4.74 Å². The summed E-state index contributed by atoms with van der Waals surface area (Å²) in [4.78, 5) is 7.04. The van der Waals surface area contributed by atoms with Gasteiger partial charge >= 0.3 is 0 Å². The van der Waals surface area contributed by atoms with Gasteiger partial charge in [-0.05, 0) is 25.7 Å². The quantitative estimate of drug-likeness (QED) is 0.528. The smallest absolute Gasteiger partial charge is 0.191 e. The molecule has 0 spiro atoms. The highest BCUT2D eigenvalue weighted by Gasteiger charge is 2.20. The Morgan fingerprint density at radius 1 is 1.28 bits per heavy atom. The molecule has 1 saturated carbocycles. The van der Waals surface area contributed by atoms with Gasteiger partial charge in [0.15, 0.2) is 5.96 Å². The molecule has 5 heteroatoms. The fraction of sp³-hybridized carbons (Fsp3) is 0.923. The minimum Gasteiger partial charge on any atom is -0.379 e. The van der Waals surface area contributed by atoms with Crippen molar-refractivity contribution in [3.05, 3.63) is 0 Å². The number of hydrogen-bond donors (Lipinski definition) is 2. The van der Waals surface area contributed by atoms with Crippen molar-refractivity contribution in [2.45, 2.75) is 19.8 Å². The molecule has 18 heavy (non-hydrogen) atoms. The summed E-state index contributed by atoms with van der Waals surface area (Å²) in [7, 11) is 0. The van der Waals surface area contributed by atoms with E-state index in [1.807, 2.05) is 0 Å². The lowest BCUT2D eigenvalue weighted by molar-refractivity contribution is 0.0389. The standard InChI is InChI=1S/C13H26N4O/c1-2-14-13(16-11-12-3-4-12)15-5-6-17-7-9-18-10-8-17/h12H,2-11H2,1H3,(H2,14,15,16). The minimum absolute atomic E-state index is 0.847. The molecule has 104 valence electrons. The third-order valence-electron chi connectivity index (χ3n) is 3.37. The summed E-state index contributed by atoms with van der Waals surface area (Å²) in [5, 5.41) is 6.71. The van der Waals surface area contributed by atoms with Gasteiger partial charge in [0.1, 0.15) is 0 Å². The Kier molecular flexibility index (Phi) is 5.74. The fourth-order valence-electron chi connectivity index (χ4n) is 2.02. The highest BCUT2D eigenvalue weighted by atomic mass is 16.5. The molecule has 5 nitrogen and oxygen atoms in total. The zero-order valence-corrected chi connectivity index (χ0v) is 11.5. The van der Waals surface area contributed by atoms with Gasteiger partial charge in [-0.15, -0.1) is 0 Å². The fourth-order valence-corrected chi connectivity index (χ4v) is 2.02. The molecule has 0 aromatic carbocycles. The maximum absolute atomic E-state index is 5.34. The molecule has 0 bridgehead atoms. The second-order valence-corrected chi connectivity index (χ2v) is 5.04. The number of morpholine rings is 1. The first-order valence-corrected chi connectivity index (χ1v) is 7.20. The van der Waals surface area contributed by atoms with Crippen molar-refractivity contribution in [3.63, 3.8) is 0 Å². The summed E-state index contributed by atoms with van der Waals surface area (Å²) in [6.45, 7) is 9.88. The van der Waals surface area contributed by atoms with E-state index >= 15 is 0 Å². The lowest BCUT2D eigenvalue weighted by Gasteiger charge is -2.26. The monoisotopic (exact) mass is 254 g/mol. The van der Waals surface area contributed by atoms with Crippen molar-refractivity contribution >= 4 is 5.96 Å². The average molecular weight is 254 g/mol. The van der Waals surface area contributed by atoms with Gasteiger partial charge in [0.05, 0.1) is 13.2 Å². The Morgan fingerprint density at radius 3 is 2.72 bits per heavy atom. The third-order valence-corrected chi connectivity index (χ3v) is 3.37. The Morgan fingerprint density at radius 2 is 2.06 bits per heavy atom. The van der Waals surface area contributed by atoms with Crippen LogP contribution in [0.25, 0.3) is 0 Å². The highest BCUT2D eigenvalue weighted by Crippen LogP contribution is 2.28. The van der Waals surface area contributed by atoms with Crippen molar-refractivity contribution in [1.29, 1.82) is 0 Å². The van der Waals surface area contributed by atoms with Crippen LogP contribution in [0.3, 0.4) is 0 Å². The molecule has 2 rings (SSSR count). The van der Waals surface area contributed by atoms with E-state index in [1.54, 1.807) is 0 Å². The summed E-state index contributed by atoms with van der Waals surface area (Å²) in [6.07, 6.45) is 2.72. The topological polar surface area (TPSA) is 48.9 Å². The number of aliphatic imine (C=N–C) groups is 1. The second-order valence-electron chi connectivity index (χ2n) is 5.04. The van der Waals surface area contributed by atoms with Gasteiger partial charge in [-0.25, -0.2) is 0 Å². The van der Waals surface area contributed by atoms with Gasteiger partial charge in [0.25, 0.3) is 0 Å². The van der Waals surface area contributed by atoms with Gasteiger partial charge in [0, 0.05) is 39.3 Å². The normalized spacial score (nSPS) is 21.9. The van der Waals surface area contributed by atoms with E-state index < -0.39 is 0 Å². The molecular formula is C13H26N4O. The largest absolute Gasteiger partial charge is 0.379 e. The van der Waals surface area contributed by atoms with Crippen LogP contribution >= 0.6 is 0 Å². The second kappa shape index (κ2) is 7.59. The van der Waals surface area contributed by atoms with E-state index in [1.165, 1.54) is 12.8 Å². The predicted octanol–water partition coefficient (Wildman–Crippen LogP) is 0.284. The molecular weight excluding hydrogens is 228 g/mol. The van der Waals surface area contributed by atoms with Crippen molar-refractivity contribution in [2.24, 2.45) is 10.9 Å². The molecule has 0 amide bonds. The molecule has 0 unspecified atom stereocenters. The van der Waals surface area contributed by atoms with Crippen LogP contribution in [0.15, 0.2) is 4.99 Å². The van der Waals surface area contributed by atoms with Crippen LogP contribution in [0.1, 0.15) is 19.8 Å². The molecule has 0 aromatic heterocycles. The zero-order chi connectivity index (χ0) is 12.6. The Balaban J connectivity index is 1.62. The van der Waals surface area contributed by atoms with Crippen LogP contribution < -0.4 is 10.6 Å². The maximum Gasteiger partial charge on any atom is 0.191 e. The molecule has 1 heterocycles. The van der Waals surface area contributed by atoms with E-state index in [4.69, 9.17) is 4.74 Å². The van der Waals surface area contributed by atoms with Crippen LogP contribution in [0.5, 0.6) is 0 Å². The van der Waals surface area contributed by atoms with Gasteiger partial charge in [-0.2, -0.15) is 0 Å². The molecule has 2 fully saturated rings. The van der Waals surface area contributed by atoms with E-state index in [-0.39, 0.29) is 0 Å². The molecule has 2 N–H and O–H groups in total. The van der Waals surface area contributed by atoms with Crippen LogP contribution in [0.2, 0.25) is 0 Å². The summed E-state index contributed by atoms with van der Waals surface area (Å²) >= 11 is 0. The van der Waals surface area contributed by atoms with Crippen molar-refractivity contribution in [1.82, 2.24) is 15.5 Å². The molecule has 1 aliphatic heterocycles. The van der Waals surface area contributed by atoms with Gasteiger partial charge < -0.3 is 15.4 Å². The van der Waals surface area contributed by atoms with E-state index in [0.29, 0.717) is 0 Å². The molecule has 1 saturated heterocycles.